The Labute approximate surface area is 126 Å². The number of aliphatic hydroxyl groups is 1. The molecular formula is C16H15IO2. The molecule has 0 saturated heterocycles. The lowest BCUT2D eigenvalue weighted by molar-refractivity contribution is 0.206. The monoisotopic (exact) mass is 366 g/mol. The smallest absolute Gasteiger partial charge is 0.128 e. The largest absolute Gasteiger partial charge is 0.493 e. The van der Waals surface area contributed by atoms with Crippen molar-refractivity contribution in [1.82, 2.24) is 0 Å². The summed E-state index contributed by atoms with van der Waals surface area (Å²) >= 11 is 2.26. The highest BCUT2D eigenvalue weighted by Crippen LogP contribution is 2.35. The van der Waals surface area contributed by atoms with E-state index in [0.717, 1.165) is 36.3 Å². The third-order valence-corrected chi connectivity index (χ3v) is 4.16. The van der Waals surface area contributed by atoms with Crippen molar-refractivity contribution in [3.8, 4) is 5.75 Å². The van der Waals surface area contributed by atoms with Crippen LogP contribution in [0.3, 0.4) is 0 Å². The summed E-state index contributed by atoms with van der Waals surface area (Å²) in [5, 5.41) is 10.6. The Hall–Kier alpha value is -1.07. The molecule has 0 spiro atoms. The zero-order chi connectivity index (χ0) is 13.2. The third kappa shape index (κ3) is 2.62. The number of para-hydroxylation sites is 1. The molecule has 1 unspecified atom stereocenters. The Bertz CT molecular complexity index is 578. The summed E-state index contributed by atoms with van der Waals surface area (Å²) in [6.45, 7) is 0.740. The number of aryl methyl sites for hydroxylation is 1. The predicted octanol–water partition coefficient (Wildman–Crippen LogP) is 3.70. The fraction of sp³-hybridized carbons (Fsp3) is 0.250. The van der Waals surface area contributed by atoms with Crippen molar-refractivity contribution in [1.29, 1.82) is 0 Å². The maximum atomic E-state index is 10.6. The van der Waals surface area contributed by atoms with Crippen molar-refractivity contribution in [3.63, 3.8) is 0 Å². The summed E-state index contributed by atoms with van der Waals surface area (Å²) in [7, 11) is 0. The van der Waals surface area contributed by atoms with Crippen molar-refractivity contribution in [3.05, 3.63) is 62.7 Å². The van der Waals surface area contributed by atoms with Crippen LogP contribution in [0.15, 0.2) is 42.5 Å². The number of ether oxygens (including phenoxy) is 1. The third-order valence-electron chi connectivity index (χ3n) is 3.44. The zero-order valence-electron chi connectivity index (χ0n) is 10.5. The van der Waals surface area contributed by atoms with Gasteiger partial charge in [-0.25, -0.2) is 0 Å². The maximum absolute atomic E-state index is 10.6. The Morgan fingerprint density at radius 1 is 1.11 bits per heavy atom. The summed E-state index contributed by atoms with van der Waals surface area (Å²) < 4.78 is 6.93. The van der Waals surface area contributed by atoms with E-state index in [2.05, 4.69) is 28.7 Å². The standard InChI is InChI=1S/C16H15IO2/c17-13-8-6-11(7-9-13)15(18)14-5-1-3-12-4-2-10-19-16(12)14/h1,3,5-9,15,18H,2,4,10H2. The molecule has 0 radical (unpaired) electrons. The van der Waals surface area contributed by atoms with Crippen molar-refractivity contribution in [2.75, 3.05) is 6.61 Å². The summed E-state index contributed by atoms with van der Waals surface area (Å²) in [4.78, 5) is 0. The lowest BCUT2D eigenvalue weighted by Crippen LogP contribution is -2.12. The summed E-state index contributed by atoms with van der Waals surface area (Å²) in [5.41, 5.74) is 2.98. The lowest BCUT2D eigenvalue weighted by atomic mass is 9.96. The van der Waals surface area contributed by atoms with Gasteiger partial charge in [0, 0.05) is 9.13 Å². The number of aliphatic hydroxyl groups excluding tert-OH is 1. The lowest BCUT2D eigenvalue weighted by Gasteiger charge is -2.23. The van der Waals surface area contributed by atoms with Crippen molar-refractivity contribution < 1.29 is 9.84 Å². The number of hydrogen-bond donors (Lipinski definition) is 1. The van der Waals surface area contributed by atoms with Crippen LogP contribution in [0.25, 0.3) is 0 Å². The number of hydrogen-bond acceptors (Lipinski definition) is 2. The van der Waals surface area contributed by atoms with Crippen LogP contribution in [0, 0.1) is 3.57 Å². The van der Waals surface area contributed by atoms with E-state index in [1.165, 1.54) is 9.13 Å². The van der Waals surface area contributed by atoms with Crippen LogP contribution in [0.4, 0.5) is 0 Å². The molecule has 0 amide bonds. The molecule has 1 heterocycles. The second kappa shape index (κ2) is 5.51. The summed E-state index contributed by atoms with van der Waals surface area (Å²) in [6, 6.07) is 14.0. The van der Waals surface area contributed by atoms with E-state index in [0.29, 0.717) is 0 Å². The van der Waals surface area contributed by atoms with E-state index in [-0.39, 0.29) is 0 Å². The van der Waals surface area contributed by atoms with Gasteiger partial charge in [0.1, 0.15) is 11.9 Å². The molecule has 2 nitrogen and oxygen atoms in total. The van der Waals surface area contributed by atoms with Crippen LogP contribution in [0.5, 0.6) is 5.75 Å². The molecule has 98 valence electrons. The first-order valence-corrected chi connectivity index (χ1v) is 7.52. The van der Waals surface area contributed by atoms with E-state index in [4.69, 9.17) is 4.74 Å². The SMILES string of the molecule is OC(c1ccc(I)cc1)c1cccc2c1OCCC2. The van der Waals surface area contributed by atoms with Crippen molar-refractivity contribution in [2.24, 2.45) is 0 Å². The molecule has 1 aliphatic heterocycles. The fourth-order valence-electron chi connectivity index (χ4n) is 2.45. The molecule has 19 heavy (non-hydrogen) atoms. The van der Waals surface area contributed by atoms with Gasteiger partial charge in [0.2, 0.25) is 0 Å². The van der Waals surface area contributed by atoms with Crippen LogP contribution in [-0.4, -0.2) is 11.7 Å². The highest BCUT2D eigenvalue weighted by molar-refractivity contribution is 14.1. The van der Waals surface area contributed by atoms with Gasteiger partial charge in [-0.15, -0.1) is 0 Å². The van der Waals surface area contributed by atoms with Gasteiger partial charge in [0.05, 0.1) is 6.61 Å². The van der Waals surface area contributed by atoms with E-state index in [1.807, 2.05) is 36.4 Å². The first-order chi connectivity index (χ1) is 9.25. The molecule has 2 aromatic rings. The molecule has 3 rings (SSSR count). The second-order valence-electron chi connectivity index (χ2n) is 4.74. The minimum Gasteiger partial charge on any atom is -0.493 e. The molecular weight excluding hydrogens is 351 g/mol. The molecule has 0 aromatic heterocycles. The van der Waals surface area contributed by atoms with E-state index in [1.54, 1.807) is 0 Å². The predicted molar refractivity (Wildman–Crippen MR) is 83.5 cm³/mol. The molecule has 0 fully saturated rings. The Kier molecular flexibility index (Phi) is 3.75. The molecule has 0 saturated carbocycles. The quantitative estimate of drug-likeness (QED) is 0.822. The van der Waals surface area contributed by atoms with Gasteiger partial charge in [0.25, 0.3) is 0 Å². The van der Waals surface area contributed by atoms with Crippen LogP contribution in [-0.2, 0) is 6.42 Å². The molecule has 2 aromatic carbocycles. The van der Waals surface area contributed by atoms with E-state index >= 15 is 0 Å². The average molecular weight is 366 g/mol. The fourth-order valence-corrected chi connectivity index (χ4v) is 2.81. The number of benzene rings is 2. The van der Waals surface area contributed by atoms with Crippen LogP contribution < -0.4 is 4.74 Å². The van der Waals surface area contributed by atoms with Crippen molar-refractivity contribution >= 4 is 22.6 Å². The van der Waals surface area contributed by atoms with Crippen molar-refractivity contribution in [2.45, 2.75) is 18.9 Å². The second-order valence-corrected chi connectivity index (χ2v) is 5.99. The minimum atomic E-state index is -0.620. The van der Waals surface area contributed by atoms with Gasteiger partial charge >= 0.3 is 0 Å². The summed E-state index contributed by atoms with van der Waals surface area (Å²) in [6.07, 6.45) is 1.46. The van der Waals surface area contributed by atoms with Gasteiger partial charge < -0.3 is 9.84 Å². The van der Waals surface area contributed by atoms with Gasteiger partial charge in [-0.05, 0) is 58.7 Å². The molecule has 0 bridgehead atoms. The van der Waals surface area contributed by atoms with Gasteiger partial charge in [0.15, 0.2) is 0 Å². The van der Waals surface area contributed by atoms with Gasteiger partial charge in [-0.3, -0.25) is 0 Å². The first-order valence-electron chi connectivity index (χ1n) is 6.44. The average Bonchev–Trinajstić information content (AvgIpc) is 2.47. The minimum absolute atomic E-state index is 0.620. The molecule has 1 N–H and O–H groups in total. The van der Waals surface area contributed by atoms with E-state index < -0.39 is 6.10 Å². The Balaban J connectivity index is 1.99. The molecule has 0 aliphatic carbocycles. The molecule has 1 aliphatic rings. The number of halogens is 1. The maximum Gasteiger partial charge on any atom is 0.128 e. The Morgan fingerprint density at radius 2 is 1.89 bits per heavy atom. The normalized spacial score (nSPS) is 15.5. The first kappa shape index (κ1) is 12.9. The number of rotatable bonds is 2. The van der Waals surface area contributed by atoms with Crippen LogP contribution in [0.2, 0.25) is 0 Å². The highest BCUT2D eigenvalue weighted by Gasteiger charge is 2.20. The van der Waals surface area contributed by atoms with Crippen LogP contribution in [0.1, 0.15) is 29.2 Å². The molecule has 1 atom stereocenters. The zero-order valence-corrected chi connectivity index (χ0v) is 12.6. The van der Waals surface area contributed by atoms with Gasteiger partial charge in [-0.1, -0.05) is 30.3 Å². The van der Waals surface area contributed by atoms with E-state index in [9.17, 15) is 5.11 Å². The topological polar surface area (TPSA) is 29.5 Å². The highest BCUT2D eigenvalue weighted by atomic mass is 127. The molecule has 3 heteroatoms. The Morgan fingerprint density at radius 3 is 2.68 bits per heavy atom. The number of fused-ring (bicyclic) bond motifs is 1. The summed E-state index contributed by atoms with van der Waals surface area (Å²) in [5.74, 6) is 0.875. The van der Waals surface area contributed by atoms with Crippen LogP contribution >= 0.6 is 22.6 Å². The van der Waals surface area contributed by atoms with Gasteiger partial charge in [-0.2, -0.15) is 0 Å².